The highest BCUT2D eigenvalue weighted by molar-refractivity contribution is 6.30. The summed E-state index contributed by atoms with van der Waals surface area (Å²) in [4.78, 5) is 39.7. The molecule has 1 aliphatic carbocycles. The fourth-order valence-corrected chi connectivity index (χ4v) is 4.64. The number of carbonyl (C=O) groups excluding carboxylic acids is 2. The van der Waals surface area contributed by atoms with Crippen LogP contribution >= 0.6 is 11.6 Å². The molecule has 2 amide bonds. The largest absolute Gasteiger partial charge is 0.503 e. The third kappa shape index (κ3) is 3.37. The fourth-order valence-electron chi connectivity index (χ4n) is 4.46. The van der Waals surface area contributed by atoms with E-state index in [9.17, 15) is 28.3 Å². The van der Waals surface area contributed by atoms with Crippen LogP contribution in [0.15, 0.2) is 23.1 Å². The van der Waals surface area contributed by atoms with Crippen LogP contribution in [0.4, 0.5) is 8.78 Å². The second-order valence-corrected chi connectivity index (χ2v) is 8.39. The Kier molecular flexibility index (Phi) is 5.25. The average Bonchev–Trinajstić information content (AvgIpc) is 3.21. The van der Waals surface area contributed by atoms with E-state index in [1.54, 1.807) is 11.9 Å². The number of pyridine rings is 1. The molecule has 7 nitrogen and oxygen atoms in total. The zero-order valence-corrected chi connectivity index (χ0v) is 17.4. The van der Waals surface area contributed by atoms with E-state index in [1.807, 2.05) is 0 Å². The number of amides is 2. The Labute approximate surface area is 181 Å². The Morgan fingerprint density at radius 3 is 2.61 bits per heavy atom. The zero-order valence-electron chi connectivity index (χ0n) is 16.7. The number of nitrogens with one attached hydrogen (secondary N) is 1. The van der Waals surface area contributed by atoms with E-state index in [-0.39, 0.29) is 23.4 Å². The Hall–Kier alpha value is -2.94. The summed E-state index contributed by atoms with van der Waals surface area (Å²) in [5, 5.41) is 12.1. The van der Waals surface area contributed by atoms with Crippen LogP contribution in [0, 0.1) is 11.6 Å². The van der Waals surface area contributed by atoms with Gasteiger partial charge in [0.05, 0.1) is 5.54 Å². The minimum absolute atomic E-state index is 0.0660. The summed E-state index contributed by atoms with van der Waals surface area (Å²) < 4.78 is 28.8. The van der Waals surface area contributed by atoms with Crippen molar-refractivity contribution in [2.75, 3.05) is 7.05 Å². The average molecular weight is 452 g/mol. The lowest BCUT2D eigenvalue weighted by molar-refractivity contribution is 0.0416. The lowest BCUT2D eigenvalue weighted by Crippen LogP contribution is -2.55. The molecule has 0 radical (unpaired) electrons. The quantitative estimate of drug-likeness (QED) is 0.702. The molecule has 1 aliphatic heterocycles. The minimum atomic E-state index is -1.01. The number of benzene rings is 1. The molecular weight excluding hydrogens is 432 g/mol. The third-order valence-electron chi connectivity index (χ3n) is 6.27. The molecule has 4 rings (SSSR count). The van der Waals surface area contributed by atoms with Crippen molar-refractivity contribution >= 4 is 23.4 Å². The first-order valence-electron chi connectivity index (χ1n) is 9.81. The van der Waals surface area contributed by atoms with Crippen molar-refractivity contribution in [3.63, 3.8) is 0 Å². The van der Waals surface area contributed by atoms with Gasteiger partial charge in [-0.2, -0.15) is 0 Å². The lowest BCUT2D eigenvalue weighted by atomic mass is 9.91. The molecule has 1 fully saturated rings. The Balaban J connectivity index is 1.65. The molecule has 2 aliphatic rings. The lowest BCUT2D eigenvalue weighted by Gasteiger charge is -2.44. The van der Waals surface area contributed by atoms with Gasteiger partial charge in [-0.15, -0.1) is 0 Å². The number of aromatic nitrogens is 1. The standard InChI is InChI=1S/C21H20ClF2N3O4/c1-26-20(31)16-18(29)17(28)12(9-27(16)10-21(26)6-2-3-7-21)19(30)25-8-11-4-5-13(23)14(22)15(11)24/h4-5,9,29H,2-3,6-8,10H2,1H3,(H,25,30). The van der Waals surface area contributed by atoms with E-state index in [4.69, 9.17) is 11.6 Å². The van der Waals surface area contributed by atoms with Gasteiger partial charge in [-0.05, 0) is 18.9 Å². The van der Waals surface area contributed by atoms with Crippen molar-refractivity contribution in [2.24, 2.45) is 0 Å². The summed E-state index contributed by atoms with van der Waals surface area (Å²) in [6.45, 7) is -0.000876. The van der Waals surface area contributed by atoms with Crippen LogP contribution in [-0.4, -0.2) is 39.0 Å². The first-order chi connectivity index (χ1) is 14.7. The highest BCUT2D eigenvalue weighted by Gasteiger charge is 2.46. The van der Waals surface area contributed by atoms with Crippen LogP contribution in [-0.2, 0) is 13.1 Å². The number of halogens is 3. The second kappa shape index (κ2) is 7.64. The molecule has 10 heteroatoms. The number of fused-ring (bicyclic) bond motifs is 1. The van der Waals surface area contributed by atoms with Crippen molar-refractivity contribution < 1.29 is 23.5 Å². The number of aromatic hydroxyl groups is 1. The van der Waals surface area contributed by atoms with Gasteiger partial charge < -0.3 is 19.9 Å². The van der Waals surface area contributed by atoms with E-state index < -0.39 is 45.2 Å². The monoisotopic (exact) mass is 451 g/mol. The number of rotatable bonds is 3. The van der Waals surface area contributed by atoms with Crippen LogP contribution in [0.5, 0.6) is 5.75 Å². The Morgan fingerprint density at radius 2 is 1.94 bits per heavy atom. The molecule has 1 saturated carbocycles. The molecule has 1 aromatic heterocycles. The number of likely N-dealkylation sites (N-methyl/N-ethyl adjacent to an activating group) is 1. The van der Waals surface area contributed by atoms with Gasteiger partial charge in [-0.25, -0.2) is 8.78 Å². The molecular formula is C21H20ClF2N3O4. The van der Waals surface area contributed by atoms with Gasteiger partial charge in [-0.1, -0.05) is 30.5 Å². The summed E-state index contributed by atoms with van der Waals surface area (Å²) >= 11 is 5.54. The van der Waals surface area contributed by atoms with Gasteiger partial charge in [0.2, 0.25) is 5.43 Å². The van der Waals surface area contributed by atoms with Crippen LogP contribution in [0.2, 0.25) is 5.02 Å². The van der Waals surface area contributed by atoms with Crippen LogP contribution < -0.4 is 10.7 Å². The summed E-state index contributed by atoms with van der Waals surface area (Å²) in [7, 11) is 1.66. The van der Waals surface area contributed by atoms with Crippen LogP contribution in [0.1, 0.15) is 52.1 Å². The van der Waals surface area contributed by atoms with Crippen molar-refractivity contribution in [3.05, 3.63) is 62.0 Å². The molecule has 2 N–H and O–H groups in total. The number of nitrogens with zero attached hydrogens (tertiary/aromatic N) is 2. The van der Waals surface area contributed by atoms with Gasteiger partial charge in [0.1, 0.15) is 22.2 Å². The predicted molar refractivity (Wildman–Crippen MR) is 108 cm³/mol. The Bertz CT molecular complexity index is 1160. The molecule has 0 bridgehead atoms. The maximum absolute atomic E-state index is 14.1. The normalized spacial score (nSPS) is 17.2. The molecule has 1 spiro atoms. The zero-order chi connectivity index (χ0) is 22.5. The fraction of sp³-hybridized carbons (Fsp3) is 0.381. The van der Waals surface area contributed by atoms with Gasteiger partial charge in [0.25, 0.3) is 11.8 Å². The highest BCUT2D eigenvalue weighted by atomic mass is 35.5. The summed E-state index contributed by atoms with van der Waals surface area (Å²) in [5.74, 6) is -4.07. The number of carbonyl (C=O) groups is 2. The molecule has 31 heavy (non-hydrogen) atoms. The summed E-state index contributed by atoms with van der Waals surface area (Å²) in [6, 6.07) is 2.10. The predicted octanol–water partition coefficient (Wildman–Crippen LogP) is 2.81. The van der Waals surface area contributed by atoms with Crippen LogP contribution in [0.3, 0.4) is 0 Å². The molecule has 2 aromatic rings. The van der Waals surface area contributed by atoms with Crippen molar-refractivity contribution in [1.82, 2.24) is 14.8 Å². The van der Waals surface area contributed by atoms with Crippen molar-refractivity contribution in [2.45, 2.75) is 44.3 Å². The van der Waals surface area contributed by atoms with E-state index in [2.05, 4.69) is 5.32 Å². The van der Waals surface area contributed by atoms with E-state index in [1.165, 1.54) is 10.8 Å². The first-order valence-corrected chi connectivity index (χ1v) is 10.2. The molecule has 0 atom stereocenters. The molecule has 1 aromatic carbocycles. The molecule has 0 unspecified atom stereocenters. The smallest absolute Gasteiger partial charge is 0.274 e. The summed E-state index contributed by atoms with van der Waals surface area (Å²) in [6.07, 6.45) is 4.74. The maximum Gasteiger partial charge on any atom is 0.274 e. The minimum Gasteiger partial charge on any atom is -0.503 e. The van der Waals surface area contributed by atoms with Crippen LogP contribution in [0.25, 0.3) is 0 Å². The van der Waals surface area contributed by atoms with Gasteiger partial charge >= 0.3 is 0 Å². The third-order valence-corrected chi connectivity index (χ3v) is 6.62. The van der Waals surface area contributed by atoms with E-state index in [0.29, 0.717) is 6.54 Å². The highest BCUT2D eigenvalue weighted by Crippen LogP contribution is 2.40. The molecule has 0 saturated heterocycles. The second-order valence-electron chi connectivity index (χ2n) is 8.01. The molecule has 164 valence electrons. The number of hydrogen-bond acceptors (Lipinski definition) is 4. The van der Waals surface area contributed by atoms with Gasteiger partial charge in [0.15, 0.2) is 11.4 Å². The summed E-state index contributed by atoms with van der Waals surface area (Å²) in [5.41, 5.74) is -2.01. The number of hydrogen-bond donors (Lipinski definition) is 2. The van der Waals surface area contributed by atoms with E-state index in [0.717, 1.165) is 37.8 Å². The van der Waals surface area contributed by atoms with Crippen molar-refractivity contribution in [3.8, 4) is 5.75 Å². The van der Waals surface area contributed by atoms with E-state index >= 15 is 0 Å². The first kappa shape index (κ1) is 21.3. The molecule has 2 heterocycles. The van der Waals surface area contributed by atoms with Crippen molar-refractivity contribution in [1.29, 1.82) is 0 Å². The Morgan fingerprint density at radius 1 is 1.26 bits per heavy atom. The van der Waals surface area contributed by atoms with Gasteiger partial charge in [-0.3, -0.25) is 14.4 Å². The van der Waals surface area contributed by atoms with Gasteiger partial charge in [0, 0.05) is 31.9 Å². The maximum atomic E-state index is 14.1. The SMILES string of the molecule is CN1C(=O)c2c(O)c(=O)c(C(=O)NCc3ccc(F)c(Cl)c3F)cn2CC12CCCC2. The topological polar surface area (TPSA) is 91.6 Å².